The summed E-state index contributed by atoms with van der Waals surface area (Å²) in [6.45, 7) is 0. The molecule has 0 aliphatic carbocycles. The number of imidazole rings is 4. The lowest BCUT2D eigenvalue weighted by molar-refractivity contribution is 0.669. The lowest BCUT2D eigenvalue weighted by Gasteiger charge is -2.06. The van der Waals surface area contributed by atoms with Crippen LogP contribution >= 0.6 is 0 Å². The summed E-state index contributed by atoms with van der Waals surface area (Å²) in [5, 5.41) is 2.26. The maximum absolute atomic E-state index is 6.24. The first kappa shape index (κ1) is 18.8. The van der Waals surface area contributed by atoms with Crippen LogP contribution in [0.3, 0.4) is 0 Å². The molecule has 5 aromatic carbocycles. The van der Waals surface area contributed by atoms with Gasteiger partial charge >= 0.3 is 0 Å². The molecule has 0 atom stereocenters. The summed E-state index contributed by atoms with van der Waals surface area (Å²) >= 11 is 0. The molecule has 0 amide bonds. The molecule has 0 radical (unpaired) electrons. The van der Waals surface area contributed by atoms with E-state index in [1.165, 1.54) is 0 Å². The van der Waals surface area contributed by atoms with Gasteiger partial charge in [-0.15, -0.1) is 0 Å². The summed E-state index contributed by atoms with van der Waals surface area (Å²) in [6, 6.07) is 35.8. The Hall–Kier alpha value is -5.36. The second-order valence-corrected chi connectivity index (χ2v) is 9.95. The van der Waals surface area contributed by atoms with Crippen LogP contribution in [0.15, 0.2) is 108 Å². The van der Waals surface area contributed by atoms with Crippen molar-refractivity contribution in [2.75, 3.05) is 0 Å². The van der Waals surface area contributed by atoms with Crippen molar-refractivity contribution in [1.29, 1.82) is 0 Å². The Morgan fingerprint density at radius 1 is 0.526 bits per heavy atom. The lowest BCUT2D eigenvalue weighted by Crippen LogP contribution is -1.88. The molecular weight excluding hydrogens is 470 g/mol. The van der Waals surface area contributed by atoms with Gasteiger partial charge in [0, 0.05) is 10.8 Å². The number of hydrogen-bond acceptors (Lipinski definition) is 3. The fourth-order valence-electron chi connectivity index (χ4n) is 6.44. The Bertz CT molecular complexity index is 2460. The topological polar surface area (TPSA) is 52.2 Å². The smallest absolute Gasteiger partial charge is 0.223 e. The fourth-order valence-corrected chi connectivity index (χ4v) is 6.44. The monoisotopic (exact) mass is 487 g/mol. The second kappa shape index (κ2) is 6.30. The molecule has 0 aliphatic rings. The Balaban J connectivity index is 1.47. The highest BCUT2D eigenvalue weighted by atomic mass is 16.3. The van der Waals surface area contributed by atoms with E-state index in [4.69, 9.17) is 14.4 Å². The van der Waals surface area contributed by atoms with Gasteiger partial charge in [0.05, 0.1) is 33.1 Å². The third-order valence-corrected chi connectivity index (χ3v) is 7.97. The third-order valence-electron chi connectivity index (χ3n) is 7.97. The van der Waals surface area contributed by atoms with Gasteiger partial charge in [-0.3, -0.25) is 8.80 Å². The minimum absolute atomic E-state index is 0.876. The summed E-state index contributed by atoms with van der Waals surface area (Å²) in [4.78, 5) is 10.1. The second-order valence-electron chi connectivity index (χ2n) is 9.95. The van der Waals surface area contributed by atoms with E-state index in [0.717, 1.165) is 83.2 Å². The molecule has 6 heteroatoms. The Morgan fingerprint density at radius 2 is 1.13 bits per heavy atom. The molecule has 10 aromatic rings. The maximum atomic E-state index is 6.24. The Labute approximate surface area is 213 Å². The first-order chi connectivity index (χ1) is 18.8. The van der Waals surface area contributed by atoms with Gasteiger partial charge in [0.25, 0.3) is 0 Å². The van der Waals surface area contributed by atoms with E-state index in [9.17, 15) is 0 Å². The number of furan rings is 1. The summed E-state index contributed by atoms with van der Waals surface area (Å²) < 4.78 is 13.0. The molecule has 0 aliphatic heterocycles. The molecule has 5 aromatic heterocycles. The van der Waals surface area contributed by atoms with Crippen molar-refractivity contribution in [3.8, 4) is 11.1 Å². The molecule has 0 spiro atoms. The average Bonchev–Trinajstić information content (AvgIpc) is 3.74. The molecule has 0 unspecified atom stereocenters. The highest BCUT2D eigenvalue weighted by Crippen LogP contribution is 2.41. The van der Waals surface area contributed by atoms with Gasteiger partial charge in [0.15, 0.2) is 0 Å². The van der Waals surface area contributed by atoms with Crippen LogP contribution in [-0.4, -0.2) is 23.2 Å². The van der Waals surface area contributed by atoms with Gasteiger partial charge in [-0.2, -0.15) is 0 Å². The zero-order chi connectivity index (χ0) is 24.5. The molecule has 0 saturated heterocycles. The Morgan fingerprint density at radius 3 is 1.84 bits per heavy atom. The van der Waals surface area contributed by atoms with Crippen LogP contribution in [0.2, 0.25) is 0 Å². The van der Waals surface area contributed by atoms with Crippen molar-refractivity contribution in [1.82, 2.24) is 23.2 Å². The molecule has 10 rings (SSSR count). The number of benzene rings is 5. The van der Waals surface area contributed by atoms with Gasteiger partial charge in [-0.1, -0.05) is 54.6 Å². The van der Waals surface area contributed by atoms with Gasteiger partial charge in [-0.25, -0.2) is 14.4 Å². The normalized spacial score (nSPS) is 12.7. The molecule has 6 nitrogen and oxygen atoms in total. The fraction of sp³-hybridized carbons (Fsp3) is 0. The van der Waals surface area contributed by atoms with E-state index in [1.807, 2.05) is 24.3 Å². The molecular formula is C32H17N5O. The predicted molar refractivity (Wildman–Crippen MR) is 151 cm³/mol. The highest BCUT2D eigenvalue weighted by molar-refractivity contribution is 6.14. The first-order valence-corrected chi connectivity index (χ1v) is 12.7. The van der Waals surface area contributed by atoms with Crippen molar-refractivity contribution in [2.45, 2.75) is 0 Å². The van der Waals surface area contributed by atoms with Gasteiger partial charge in [0.2, 0.25) is 11.6 Å². The van der Waals surface area contributed by atoms with Crippen LogP contribution in [0.25, 0.3) is 83.2 Å². The third kappa shape index (κ3) is 2.08. The minimum Gasteiger partial charge on any atom is -0.456 e. The van der Waals surface area contributed by atoms with Crippen molar-refractivity contribution >= 4 is 72.1 Å². The number of fused-ring (bicyclic) bond motifs is 13. The van der Waals surface area contributed by atoms with E-state index in [1.54, 1.807) is 0 Å². The number of hydrogen-bond donors (Lipinski definition) is 0. The lowest BCUT2D eigenvalue weighted by atomic mass is 9.98. The maximum Gasteiger partial charge on any atom is 0.223 e. The molecule has 0 fully saturated rings. The predicted octanol–water partition coefficient (Wildman–Crippen LogP) is 7.70. The van der Waals surface area contributed by atoms with Crippen LogP contribution in [-0.2, 0) is 0 Å². The summed E-state index contributed by atoms with van der Waals surface area (Å²) in [5.74, 6) is 1.75. The molecule has 176 valence electrons. The van der Waals surface area contributed by atoms with Gasteiger partial charge in [0.1, 0.15) is 16.7 Å². The standard InChI is InChI=1S/C32H17N5O/c1-6-14-27-20(8-1)29-19(9-7-15-28(29)38-27)18-16-25-30-26(17-18)36-24-13-5-3-11-22(24)34-32(36)37(30)31-33-21-10-2-4-12-23(21)35(25)31/h1-17H. The van der Waals surface area contributed by atoms with Crippen LogP contribution in [0.1, 0.15) is 0 Å². The van der Waals surface area contributed by atoms with E-state index < -0.39 is 0 Å². The van der Waals surface area contributed by atoms with Crippen molar-refractivity contribution in [3.63, 3.8) is 0 Å². The van der Waals surface area contributed by atoms with Crippen molar-refractivity contribution < 1.29 is 4.42 Å². The van der Waals surface area contributed by atoms with Crippen LogP contribution in [0, 0.1) is 0 Å². The van der Waals surface area contributed by atoms with E-state index in [-0.39, 0.29) is 0 Å². The molecule has 0 saturated carbocycles. The van der Waals surface area contributed by atoms with Crippen LogP contribution in [0.4, 0.5) is 0 Å². The number of aromatic nitrogens is 5. The van der Waals surface area contributed by atoms with Crippen LogP contribution < -0.4 is 0 Å². The molecule has 5 heterocycles. The quantitative estimate of drug-likeness (QED) is 0.238. The summed E-state index contributed by atoms with van der Waals surface area (Å²) in [7, 11) is 0. The van der Waals surface area contributed by atoms with Crippen molar-refractivity contribution in [2.24, 2.45) is 0 Å². The Kier molecular flexibility index (Phi) is 3.13. The molecule has 0 N–H and O–H groups in total. The van der Waals surface area contributed by atoms with Crippen molar-refractivity contribution in [3.05, 3.63) is 103 Å². The average molecular weight is 488 g/mol. The summed E-state index contributed by atoms with van der Waals surface area (Å²) in [6.07, 6.45) is 0. The minimum atomic E-state index is 0.876. The largest absolute Gasteiger partial charge is 0.456 e. The van der Waals surface area contributed by atoms with Gasteiger partial charge < -0.3 is 4.42 Å². The zero-order valence-corrected chi connectivity index (χ0v) is 20.0. The van der Waals surface area contributed by atoms with E-state index >= 15 is 0 Å². The highest BCUT2D eigenvalue weighted by Gasteiger charge is 2.25. The zero-order valence-electron chi connectivity index (χ0n) is 20.0. The molecule has 38 heavy (non-hydrogen) atoms. The first-order valence-electron chi connectivity index (χ1n) is 12.7. The SMILES string of the molecule is c1ccc2c(c1)nc1n2c2cc(-c3cccc4oc5ccccc5c34)cc3c2n1c1nc2ccccc2n31. The number of para-hydroxylation sites is 5. The van der Waals surface area contributed by atoms with Crippen LogP contribution in [0.5, 0.6) is 0 Å². The number of rotatable bonds is 1. The molecule has 0 bridgehead atoms. The van der Waals surface area contributed by atoms with E-state index in [0.29, 0.717) is 0 Å². The summed E-state index contributed by atoms with van der Waals surface area (Å²) in [5.41, 5.74) is 11.5. The van der Waals surface area contributed by atoms with E-state index in [2.05, 4.69) is 92.1 Å². The number of nitrogens with zero attached hydrogens (tertiary/aromatic N) is 5. The van der Waals surface area contributed by atoms with Gasteiger partial charge in [-0.05, 0) is 59.7 Å².